The summed E-state index contributed by atoms with van der Waals surface area (Å²) in [7, 11) is 0. The van der Waals surface area contributed by atoms with Crippen molar-refractivity contribution in [2.24, 2.45) is 11.5 Å². The molecule has 1 aromatic rings. The molecule has 0 unspecified atom stereocenters. The predicted molar refractivity (Wildman–Crippen MR) is 67.0 cm³/mol. The van der Waals surface area contributed by atoms with Gasteiger partial charge < -0.3 is 16.8 Å². The van der Waals surface area contributed by atoms with E-state index in [1.54, 1.807) is 0 Å². The monoisotopic (exact) mass is 249 g/mol. The molecule has 0 radical (unpaired) electrons. The highest BCUT2D eigenvalue weighted by Gasteiger charge is 2.10. The minimum absolute atomic E-state index is 0.123. The molecular formula is C12H15N3O3. The van der Waals surface area contributed by atoms with Crippen LogP contribution in [0.4, 0.5) is 5.69 Å². The highest BCUT2D eigenvalue weighted by atomic mass is 16.2. The van der Waals surface area contributed by atoms with Crippen molar-refractivity contribution < 1.29 is 14.4 Å². The van der Waals surface area contributed by atoms with Crippen molar-refractivity contribution in [2.45, 2.75) is 19.8 Å². The molecule has 1 aromatic carbocycles. The normalized spacial score (nSPS) is 9.83. The van der Waals surface area contributed by atoms with Gasteiger partial charge in [-0.2, -0.15) is 0 Å². The van der Waals surface area contributed by atoms with Gasteiger partial charge in [-0.15, -0.1) is 0 Å². The van der Waals surface area contributed by atoms with Crippen LogP contribution in [0.1, 0.15) is 40.5 Å². The standard InChI is InChI=1S/C12H15N3O3/c1-2-3-10(16)15-9-5-7(11(13)17)4-8(6-9)12(14)18/h4-6H,2-3H2,1H3,(H2,13,17)(H2,14,18)(H,15,16). The van der Waals surface area contributed by atoms with Crippen LogP contribution in [0.3, 0.4) is 0 Å². The smallest absolute Gasteiger partial charge is 0.248 e. The Morgan fingerprint density at radius 3 is 1.94 bits per heavy atom. The summed E-state index contributed by atoms with van der Waals surface area (Å²) >= 11 is 0. The van der Waals surface area contributed by atoms with E-state index in [9.17, 15) is 14.4 Å². The number of primary amides is 2. The average molecular weight is 249 g/mol. The largest absolute Gasteiger partial charge is 0.366 e. The highest BCUT2D eigenvalue weighted by Crippen LogP contribution is 2.15. The van der Waals surface area contributed by atoms with Crippen LogP contribution in [0.15, 0.2) is 18.2 Å². The van der Waals surface area contributed by atoms with E-state index in [4.69, 9.17) is 11.5 Å². The van der Waals surface area contributed by atoms with Crippen molar-refractivity contribution in [1.29, 1.82) is 0 Å². The van der Waals surface area contributed by atoms with E-state index in [0.717, 1.165) is 0 Å². The van der Waals surface area contributed by atoms with E-state index in [2.05, 4.69) is 5.32 Å². The zero-order valence-electron chi connectivity index (χ0n) is 10.0. The van der Waals surface area contributed by atoms with Crippen LogP contribution in [0, 0.1) is 0 Å². The van der Waals surface area contributed by atoms with Crippen molar-refractivity contribution in [1.82, 2.24) is 0 Å². The summed E-state index contributed by atoms with van der Waals surface area (Å²) in [6.07, 6.45) is 1.05. The number of nitrogens with two attached hydrogens (primary N) is 2. The molecule has 0 aliphatic carbocycles. The van der Waals surface area contributed by atoms with Gasteiger partial charge in [0.05, 0.1) is 0 Å². The predicted octanol–water partition coefficient (Wildman–Crippen LogP) is 0.623. The maximum atomic E-state index is 11.4. The molecule has 18 heavy (non-hydrogen) atoms. The number of carbonyl (C=O) groups is 3. The third-order valence-electron chi connectivity index (χ3n) is 2.26. The van der Waals surface area contributed by atoms with Crippen LogP contribution in [-0.2, 0) is 4.79 Å². The number of nitrogens with one attached hydrogen (secondary N) is 1. The van der Waals surface area contributed by atoms with Gasteiger partial charge in [0.2, 0.25) is 17.7 Å². The van der Waals surface area contributed by atoms with Crippen LogP contribution < -0.4 is 16.8 Å². The molecule has 5 N–H and O–H groups in total. The van der Waals surface area contributed by atoms with Crippen molar-refractivity contribution in [2.75, 3.05) is 5.32 Å². The molecule has 0 bridgehead atoms. The zero-order chi connectivity index (χ0) is 13.7. The van der Waals surface area contributed by atoms with Crippen LogP contribution in [-0.4, -0.2) is 17.7 Å². The lowest BCUT2D eigenvalue weighted by Gasteiger charge is -2.07. The molecule has 0 aromatic heterocycles. The molecule has 0 aliphatic rings. The van der Waals surface area contributed by atoms with Crippen LogP contribution in [0.25, 0.3) is 0 Å². The lowest BCUT2D eigenvalue weighted by molar-refractivity contribution is -0.116. The second-order valence-electron chi connectivity index (χ2n) is 3.83. The van der Waals surface area contributed by atoms with Crippen LogP contribution >= 0.6 is 0 Å². The summed E-state index contributed by atoms with van der Waals surface area (Å²) in [5.74, 6) is -1.58. The Labute approximate surface area is 104 Å². The first-order valence-electron chi connectivity index (χ1n) is 5.48. The summed E-state index contributed by atoms with van der Waals surface area (Å²) in [5.41, 5.74) is 10.9. The molecule has 1 rings (SSSR count). The number of benzene rings is 1. The summed E-state index contributed by atoms with van der Waals surface area (Å²) in [6, 6.07) is 4.10. The fraction of sp³-hybridized carbons (Fsp3) is 0.250. The van der Waals surface area contributed by atoms with Gasteiger partial charge in [-0.25, -0.2) is 0 Å². The SMILES string of the molecule is CCCC(=O)Nc1cc(C(N)=O)cc(C(N)=O)c1. The second kappa shape index (κ2) is 5.81. The Morgan fingerprint density at radius 1 is 1.06 bits per heavy atom. The Bertz CT molecular complexity index is 465. The van der Waals surface area contributed by atoms with E-state index in [1.807, 2.05) is 6.92 Å². The zero-order valence-corrected chi connectivity index (χ0v) is 10.0. The molecule has 0 saturated carbocycles. The lowest BCUT2D eigenvalue weighted by atomic mass is 10.1. The second-order valence-corrected chi connectivity index (χ2v) is 3.83. The highest BCUT2D eigenvalue weighted by molar-refractivity contribution is 6.01. The average Bonchev–Trinajstić information content (AvgIpc) is 2.28. The lowest BCUT2D eigenvalue weighted by Crippen LogP contribution is -2.17. The Hall–Kier alpha value is -2.37. The van der Waals surface area contributed by atoms with E-state index in [1.165, 1.54) is 18.2 Å². The number of hydrogen-bond donors (Lipinski definition) is 3. The number of amides is 3. The number of rotatable bonds is 5. The maximum Gasteiger partial charge on any atom is 0.248 e. The van der Waals surface area contributed by atoms with Gasteiger partial charge in [-0.3, -0.25) is 14.4 Å². The van der Waals surface area contributed by atoms with E-state index < -0.39 is 11.8 Å². The molecule has 3 amide bonds. The van der Waals surface area contributed by atoms with Gasteiger partial charge in [0, 0.05) is 23.2 Å². The van der Waals surface area contributed by atoms with Crippen molar-refractivity contribution in [3.05, 3.63) is 29.3 Å². The quantitative estimate of drug-likeness (QED) is 0.710. The van der Waals surface area contributed by atoms with Crippen molar-refractivity contribution in [3.63, 3.8) is 0 Å². The van der Waals surface area contributed by atoms with Crippen molar-refractivity contribution >= 4 is 23.4 Å². The summed E-state index contributed by atoms with van der Waals surface area (Å²) < 4.78 is 0. The molecular weight excluding hydrogens is 234 g/mol. The molecule has 0 atom stereocenters. The summed E-state index contributed by atoms with van der Waals surface area (Å²) in [6.45, 7) is 1.87. The minimum atomic E-state index is -0.691. The molecule has 0 saturated heterocycles. The minimum Gasteiger partial charge on any atom is -0.366 e. The number of hydrogen-bond acceptors (Lipinski definition) is 3. The van der Waals surface area contributed by atoms with E-state index in [0.29, 0.717) is 18.5 Å². The molecule has 0 spiro atoms. The first-order valence-corrected chi connectivity index (χ1v) is 5.48. The maximum absolute atomic E-state index is 11.4. The molecule has 6 nitrogen and oxygen atoms in total. The molecule has 6 heteroatoms. The van der Waals surface area contributed by atoms with Crippen LogP contribution in [0.2, 0.25) is 0 Å². The molecule has 96 valence electrons. The Kier molecular flexibility index (Phi) is 4.42. The molecule has 0 fully saturated rings. The van der Waals surface area contributed by atoms with Crippen molar-refractivity contribution in [3.8, 4) is 0 Å². The van der Waals surface area contributed by atoms with Crippen LogP contribution in [0.5, 0.6) is 0 Å². The Balaban J connectivity index is 3.07. The topological polar surface area (TPSA) is 115 Å². The van der Waals surface area contributed by atoms with Gasteiger partial charge in [-0.1, -0.05) is 6.92 Å². The van der Waals surface area contributed by atoms with Gasteiger partial charge >= 0.3 is 0 Å². The van der Waals surface area contributed by atoms with E-state index >= 15 is 0 Å². The third-order valence-corrected chi connectivity index (χ3v) is 2.26. The summed E-state index contributed by atoms with van der Waals surface area (Å²) in [4.78, 5) is 33.6. The number of anilines is 1. The third kappa shape index (κ3) is 3.58. The molecule has 0 aliphatic heterocycles. The summed E-state index contributed by atoms with van der Waals surface area (Å²) in [5, 5.41) is 2.58. The van der Waals surface area contributed by atoms with Gasteiger partial charge in [0.15, 0.2) is 0 Å². The van der Waals surface area contributed by atoms with Gasteiger partial charge in [0.25, 0.3) is 0 Å². The van der Waals surface area contributed by atoms with Gasteiger partial charge in [0.1, 0.15) is 0 Å². The van der Waals surface area contributed by atoms with E-state index in [-0.39, 0.29) is 17.0 Å². The van der Waals surface area contributed by atoms with Gasteiger partial charge in [-0.05, 0) is 24.6 Å². The fourth-order valence-electron chi connectivity index (χ4n) is 1.43. The number of carbonyl (C=O) groups excluding carboxylic acids is 3. The first kappa shape index (κ1) is 13.7. The first-order chi connectivity index (χ1) is 8.43. The fourth-order valence-corrected chi connectivity index (χ4v) is 1.43. The molecule has 0 heterocycles. The Morgan fingerprint density at radius 2 is 1.56 bits per heavy atom.